The minimum Gasteiger partial charge on any atom is -0.478 e. The smallest absolute Gasteiger partial charge is 0.335 e. The van der Waals surface area contributed by atoms with Gasteiger partial charge in [-0.1, -0.05) is 0 Å². The molecule has 1 aromatic rings. The molecular formula is C12H12FNO3S. The summed E-state index contributed by atoms with van der Waals surface area (Å²) in [7, 11) is -1.57. The largest absolute Gasteiger partial charge is 0.478 e. The highest BCUT2D eigenvalue weighted by Gasteiger charge is 2.13. The van der Waals surface area contributed by atoms with Crippen molar-refractivity contribution in [1.82, 2.24) is 0 Å². The fourth-order valence-electron chi connectivity index (χ4n) is 1.36. The molecule has 0 bridgehead atoms. The van der Waals surface area contributed by atoms with Gasteiger partial charge in [-0.15, -0.1) is 0 Å². The van der Waals surface area contributed by atoms with Gasteiger partial charge in [0.2, 0.25) is 0 Å². The fraction of sp³-hybridized carbons (Fsp3) is 0.333. The van der Waals surface area contributed by atoms with E-state index >= 15 is 0 Å². The third-order valence-corrected chi connectivity index (χ3v) is 3.75. The minimum absolute atomic E-state index is 0.0863. The number of benzene rings is 1. The Morgan fingerprint density at radius 3 is 2.78 bits per heavy atom. The van der Waals surface area contributed by atoms with Crippen molar-refractivity contribution in [3.63, 3.8) is 0 Å². The van der Waals surface area contributed by atoms with Crippen LogP contribution in [0.15, 0.2) is 23.1 Å². The fourth-order valence-corrected chi connectivity index (χ4v) is 2.59. The zero-order chi connectivity index (χ0) is 13.5. The van der Waals surface area contributed by atoms with Crippen molar-refractivity contribution in [1.29, 1.82) is 5.26 Å². The molecule has 1 atom stereocenters. The van der Waals surface area contributed by atoms with Crippen LogP contribution < -0.4 is 0 Å². The lowest BCUT2D eigenvalue weighted by atomic mass is 10.2. The van der Waals surface area contributed by atoms with Crippen LogP contribution in [0.1, 0.15) is 29.6 Å². The Balaban J connectivity index is 2.76. The van der Waals surface area contributed by atoms with Gasteiger partial charge in [0.1, 0.15) is 5.82 Å². The summed E-state index contributed by atoms with van der Waals surface area (Å²) >= 11 is 0. The van der Waals surface area contributed by atoms with Gasteiger partial charge in [0, 0.05) is 12.2 Å². The number of hydrogen-bond acceptors (Lipinski definition) is 3. The van der Waals surface area contributed by atoms with Gasteiger partial charge in [-0.2, -0.15) is 5.26 Å². The van der Waals surface area contributed by atoms with E-state index in [0.29, 0.717) is 19.3 Å². The van der Waals surface area contributed by atoms with Crippen molar-refractivity contribution < 1.29 is 18.5 Å². The summed E-state index contributed by atoms with van der Waals surface area (Å²) in [5.41, 5.74) is -0.0863. The average Bonchev–Trinajstić information content (AvgIpc) is 2.34. The lowest BCUT2D eigenvalue weighted by Crippen LogP contribution is -2.04. The van der Waals surface area contributed by atoms with Crippen LogP contribution >= 0.6 is 0 Å². The highest BCUT2D eigenvalue weighted by molar-refractivity contribution is 7.85. The van der Waals surface area contributed by atoms with Crippen molar-refractivity contribution in [2.24, 2.45) is 0 Å². The van der Waals surface area contributed by atoms with Gasteiger partial charge in [-0.25, -0.2) is 9.18 Å². The molecule has 0 heterocycles. The predicted octanol–water partition coefficient (Wildman–Crippen LogP) is 2.33. The van der Waals surface area contributed by atoms with E-state index in [1.807, 2.05) is 6.07 Å². The Morgan fingerprint density at radius 1 is 1.44 bits per heavy atom. The van der Waals surface area contributed by atoms with Crippen LogP contribution in [-0.2, 0) is 10.8 Å². The number of hydrogen-bond donors (Lipinski definition) is 1. The van der Waals surface area contributed by atoms with Crippen LogP contribution in [0.3, 0.4) is 0 Å². The van der Waals surface area contributed by atoms with E-state index in [0.717, 1.165) is 18.2 Å². The van der Waals surface area contributed by atoms with E-state index in [1.165, 1.54) is 0 Å². The Morgan fingerprint density at radius 2 is 2.17 bits per heavy atom. The molecule has 0 saturated heterocycles. The molecule has 1 rings (SSSR count). The summed E-state index contributed by atoms with van der Waals surface area (Å²) in [5, 5.41) is 17.1. The molecule has 96 valence electrons. The summed E-state index contributed by atoms with van der Waals surface area (Å²) in [4.78, 5) is 10.6. The number of nitrogens with zero attached hydrogens (tertiary/aromatic N) is 1. The second-order valence-electron chi connectivity index (χ2n) is 3.62. The summed E-state index contributed by atoms with van der Waals surface area (Å²) < 4.78 is 25.2. The number of halogens is 1. The molecule has 0 amide bonds. The Hall–Kier alpha value is -1.74. The van der Waals surface area contributed by atoms with Crippen molar-refractivity contribution in [2.75, 3.05) is 5.75 Å². The zero-order valence-electron chi connectivity index (χ0n) is 9.56. The van der Waals surface area contributed by atoms with Crippen LogP contribution in [-0.4, -0.2) is 21.0 Å². The van der Waals surface area contributed by atoms with Crippen LogP contribution in [0.4, 0.5) is 4.39 Å². The quantitative estimate of drug-likeness (QED) is 0.804. The molecule has 0 aromatic heterocycles. The van der Waals surface area contributed by atoms with Crippen molar-refractivity contribution >= 4 is 16.8 Å². The second kappa shape index (κ2) is 6.87. The minimum atomic E-state index is -1.57. The van der Waals surface area contributed by atoms with Gasteiger partial charge in [0.05, 0.1) is 27.3 Å². The van der Waals surface area contributed by atoms with Crippen LogP contribution in [0.25, 0.3) is 0 Å². The third-order valence-electron chi connectivity index (χ3n) is 2.29. The maximum absolute atomic E-state index is 13.4. The lowest BCUT2D eigenvalue weighted by Gasteiger charge is -2.04. The number of aromatic carboxylic acids is 1. The third kappa shape index (κ3) is 3.93. The van der Waals surface area contributed by atoms with Gasteiger partial charge in [-0.3, -0.25) is 4.21 Å². The second-order valence-corrected chi connectivity index (χ2v) is 5.15. The molecule has 0 aliphatic rings. The lowest BCUT2D eigenvalue weighted by molar-refractivity contribution is 0.0696. The molecule has 0 fully saturated rings. The number of carboxylic acids is 1. The molecule has 0 radical (unpaired) electrons. The molecule has 1 aromatic carbocycles. The first kappa shape index (κ1) is 14.3. The molecule has 0 aliphatic carbocycles. The topological polar surface area (TPSA) is 78.2 Å². The van der Waals surface area contributed by atoms with E-state index in [9.17, 15) is 13.4 Å². The van der Waals surface area contributed by atoms with Gasteiger partial charge in [-0.05, 0) is 31.0 Å². The highest BCUT2D eigenvalue weighted by atomic mass is 32.2. The standard InChI is InChI=1S/C12H12FNO3S/c13-10-5-4-9(12(15)16)8-11(10)18(17)7-3-1-2-6-14/h4-5,8H,1-3,7H2,(H,15,16). The maximum atomic E-state index is 13.4. The molecule has 4 nitrogen and oxygen atoms in total. The number of unbranched alkanes of at least 4 members (excludes halogenated alkanes) is 2. The van der Waals surface area contributed by atoms with E-state index in [2.05, 4.69) is 0 Å². The van der Waals surface area contributed by atoms with E-state index < -0.39 is 22.6 Å². The zero-order valence-corrected chi connectivity index (χ0v) is 10.4. The Labute approximate surface area is 107 Å². The van der Waals surface area contributed by atoms with Gasteiger partial charge >= 0.3 is 5.97 Å². The monoisotopic (exact) mass is 269 g/mol. The first-order valence-electron chi connectivity index (χ1n) is 5.34. The molecule has 1 unspecified atom stereocenters. The van der Waals surface area contributed by atoms with E-state index in [1.54, 1.807) is 0 Å². The summed E-state index contributed by atoms with van der Waals surface area (Å²) in [6.45, 7) is 0. The number of rotatable bonds is 6. The van der Waals surface area contributed by atoms with Crippen molar-refractivity contribution in [3.05, 3.63) is 29.6 Å². The summed E-state index contributed by atoms with van der Waals surface area (Å²) in [5.74, 6) is -1.63. The van der Waals surface area contributed by atoms with Gasteiger partial charge in [0.15, 0.2) is 0 Å². The average molecular weight is 269 g/mol. The predicted molar refractivity (Wildman–Crippen MR) is 64.1 cm³/mol. The van der Waals surface area contributed by atoms with E-state index in [4.69, 9.17) is 10.4 Å². The molecule has 6 heteroatoms. The number of carbonyl (C=O) groups is 1. The number of nitriles is 1. The molecule has 18 heavy (non-hydrogen) atoms. The van der Waals surface area contributed by atoms with Crippen molar-refractivity contribution in [2.45, 2.75) is 24.2 Å². The van der Waals surface area contributed by atoms with Crippen LogP contribution in [0.2, 0.25) is 0 Å². The number of carboxylic acid groups (broad SMARTS) is 1. The first-order valence-corrected chi connectivity index (χ1v) is 6.66. The SMILES string of the molecule is N#CCCCCS(=O)c1cc(C(=O)O)ccc1F. The molecule has 0 spiro atoms. The normalized spacial score (nSPS) is 11.8. The molecular weight excluding hydrogens is 257 g/mol. The molecule has 1 N–H and O–H groups in total. The molecule has 0 aliphatic heterocycles. The summed E-state index contributed by atoms with van der Waals surface area (Å²) in [6.07, 6.45) is 1.51. The maximum Gasteiger partial charge on any atom is 0.335 e. The Bertz CT molecular complexity index is 511. The summed E-state index contributed by atoms with van der Waals surface area (Å²) in [6, 6.07) is 5.20. The highest BCUT2D eigenvalue weighted by Crippen LogP contribution is 2.16. The van der Waals surface area contributed by atoms with Crippen LogP contribution in [0.5, 0.6) is 0 Å². The van der Waals surface area contributed by atoms with Gasteiger partial charge < -0.3 is 5.11 Å². The van der Waals surface area contributed by atoms with Crippen molar-refractivity contribution in [3.8, 4) is 6.07 Å². The molecule has 0 saturated carbocycles. The Kier molecular flexibility index (Phi) is 5.46. The van der Waals surface area contributed by atoms with Gasteiger partial charge in [0.25, 0.3) is 0 Å². The first-order chi connectivity index (χ1) is 8.56. The van der Waals surface area contributed by atoms with Crippen LogP contribution in [0, 0.1) is 17.1 Å². The van der Waals surface area contributed by atoms with E-state index in [-0.39, 0.29) is 16.2 Å².